The van der Waals surface area contributed by atoms with Crippen LogP contribution in [0.15, 0.2) is 36.5 Å². The second kappa shape index (κ2) is 8.67. The molecule has 1 heterocycles. The van der Waals surface area contributed by atoms with Crippen molar-refractivity contribution in [1.82, 2.24) is 10.3 Å². The van der Waals surface area contributed by atoms with Crippen LogP contribution in [0.1, 0.15) is 31.7 Å². The molecule has 0 fully saturated rings. The van der Waals surface area contributed by atoms with Crippen LogP contribution in [0.3, 0.4) is 0 Å². The van der Waals surface area contributed by atoms with Gasteiger partial charge in [0.15, 0.2) is 0 Å². The molecule has 0 bridgehead atoms. The zero-order valence-corrected chi connectivity index (χ0v) is 12.3. The van der Waals surface area contributed by atoms with E-state index < -0.39 is 0 Å². The number of ether oxygens (including phenoxy) is 1. The maximum absolute atomic E-state index is 5.54. The number of para-hydroxylation sites is 1. The molecule has 0 amide bonds. The number of nitrogens with zero attached hydrogens (tertiary/aromatic N) is 1. The van der Waals surface area contributed by atoms with E-state index in [-0.39, 0.29) is 0 Å². The number of hydrogen-bond acceptors (Lipinski definition) is 3. The summed E-state index contributed by atoms with van der Waals surface area (Å²) in [5.74, 6) is 0. The minimum Gasteiger partial charge on any atom is -0.381 e. The van der Waals surface area contributed by atoms with E-state index in [1.807, 2.05) is 12.3 Å². The van der Waals surface area contributed by atoms with Crippen LogP contribution in [0.5, 0.6) is 0 Å². The minimum atomic E-state index is 0.848. The molecule has 3 nitrogen and oxygen atoms in total. The Kier molecular flexibility index (Phi) is 6.48. The summed E-state index contributed by atoms with van der Waals surface area (Å²) in [6.45, 7) is 5.77. The third kappa shape index (κ3) is 4.58. The highest BCUT2D eigenvalue weighted by atomic mass is 16.5. The SMILES string of the molecule is CCCCOCCCNCc1cccc2cccnc12. The normalized spacial score (nSPS) is 11.1. The number of benzene rings is 1. The van der Waals surface area contributed by atoms with E-state index in [4.69, 9.17) is 4.74 Å². The van der Waals surface area contributed by atoms with Gasteiger partial charge in [0.25, 0.3) is 0 Å². The standard InChI is InChI=1S/C17H24N2O/c1-2-3-12-20-13-6-10-18-14-16-8-4-7-15-9-5-11-19-17(15)16/h4-5,7-9,11,18H,2-3,6,10,12-14H2,1H3. The zero-order valence-electron chi connectivity index (χ0n) is 12.3. The summed E-state index contributed by atoms with van der Waals surface area (Å²) in [4.78, 5) is 4.47. The number of fused-ring (bicyclic) bond motifs is 1. The number of pyridine rings is 1. The second-order valence-corrected chi connectivity index (χ2v) is 4.99. The molecule has 0 saturated heterocycles. The fourth-order valence-corrected chi connectivity index (χ4v) is 2.18. The molecule has 0 aliphatic rings. The first-order chi connectivity index (χ1) is 9.92. The van der Waals surface area contributed by atoms with Gasteiger partial charge in [-0.2, -0.15) is 0 Å². The smallest absolute Gasteiger partial charge is 0.0746 e. The van der Waals surface area contributed by atoms with Gasteiger partial charge in [-0.1, -0.05) is 37.6 Å². The Morgan fingerprint density at radius 2 is 1.95 bits per heavy atom. The summed E-state index contributed by atoms with van der Waals surface area (Å²) in [6.07, 6.45) is 5.27. The van der Waals surface area contributed by atoms with Gasteiger partial charge >= 0.3 is 0 Å². The molecule has 0 aliphatic heterocycles. The lowest BCUT2D eigenvalue weighted by molar-refractivity contribution is 0.129. The molecule has 3 heteroatoms. The molecule has 1 aromatic carbocycles. The van der Waals surface area contributed by atoms with Crippen LogP contribution in [0.4, 0.5) is 0 Å². The molecule has 1 N–H and O–H groups in total. The van der Waals surface area contributed by atoms with Gasteiger partial charge in [-0.25, -0.2) is 0 Å². The predicted molar refractivity (Wildman–Crippen MR) is 83.8 cm³/mol. The van der Waals surface area contributed by atoms with E-state index >= 15 is 0 Å². The average molecular weight is 272 g/mol. The van der Waals surface area contributed by atoms with E-state index in [2.05, 4.69) is 41.5 Å². The number of hydrogen-bond donors (Lipinski definition) is 1. The highest BCUT2D eigenvalue weighted by Crippen LogP contribution is 2.15. The maximum atomic E-state index is 5.54. The summed E-state index contributed by atoms with van der Waals surface area (Å²) >= 11 is 0. The first kappa shape index (κ1) is 14.9. The molecule has 0 radical (unpaired) electrons. The zero-order chi connectivity index (χ0) is 14.0. The average Bonchev–Trinajstić information content (AvgIpc) is 2.50. The van der Waals surface area contributed by atoms with Crippen molar-refractivity contribution in [1.29, 1.82) is 0 Å². The van der Waals surface area contributed by atoms with Crippen molar-refractivity contribution in [3.8, 4) is 0 Å². The molecule has 108 valence electrons. The monoisotopic (exact) mass is 272 g/mol. The number of unbranched alkanes of at least 4 members (excludes halogenated alkanes) is 1. The highest BCUT2D eigenvalue weighted by molar-refractivity contribution is 5.81. The lowest BCUT2D eigenvalue weighted by atomic mass is 10.1. The maximum Gasteiger partial charge on any atom is 0.0746 e. The first-order valence-corrected chi connectivity index (χ1v) is 7.53. The van der Waals surface area contributed by atoms with Crippen molar-refractivity contribution in [2.45, 2.75) is 32.7 Å². The summed E-state index contributed by atoms with van der Waals surface area (Å²) in [6, 6.07) is 10.4. The van der Waals surface area contributed by atoms with Crippen molar-refractivity contribution in [2.75, 3.05) is 19.8 Å². The van der Waals surface area contributed by atoms with E-state index in [1.165, 1.54) is 17.4 Å². The summed E-state index contributed by atoms with van der Waals surface area (Å²) in [7, 11) is 0. The molecule has 0 saturated carbocycles. The number of rotatable bonds is 9. The fraction of sp³-hybridized carbons (Fsp3) is 0.471. The Hall–Kier alpha value is -1.45. The van der Waals surface area contributed by atoms with Crippen LogP contribution in [0.2, 0.25) is 0 Å². The van der Waals surface area contributed by atoms with Gasteiger partial charge in [-0.3, -0.25) is 4.98 Å². The minimum absolute atomic E-state index is 0.848. The summed E-state index contributed by atoms with van der Waals surface area (Å²) < 4.78 is 5.54. The van der Waals surface area contributed by atoms with Gasteiger partial charge in [0.1, 0.15) is 0 Å². The Morgan fingerprint density at radius 1 is 1.10 bits per heavy atom. The topological polar surface area (TPSA) is 34.1 Å². The van der Waals surface area contributed by atoms with E-state index in [9.17, 15) is 0 Å². The van der Waals surface area contributed by atoms with Gasteiger partial charge in [-0.05, 0) is 31.0 Å². The number of nitrogens with one attached hydrogen (secondary N) is 1. The fourth-order valence-electron chi connectivity index (χ4n) is 2.18. The van der Waals surface area contributed by atoms with Crippen molar-refractivity contribution < 1.29 is 4.74 Å². The molecule has 0 atom stereocenters. The van der Waals surface area contributed by atoms with Crippen LogP contribution in [0.25, 0.3) is 10.9 Å². The van der Waals surface area contributed by atoms with Gasteiger partial charge in [0, 0.05) is 31.3 Å². The second-order valence-electron chi connectivity index (χ2n) is 4.99. The van der Waals surface area contributed by atoms with Crippen LogP contribution in [-0.2, 0) is 11.3 Å². The largest absolute Gasteiger partial charge is 0.381 e. The van der Waals surface area contributed by atoms with Crippen LogP contribution in [-0.4, -0.2) is 24.7 Å². The Labute approximate surface area is 121 Å². The molecule has 0 unspecified atom stereocenters. The van der Waals surface area contributed by atoms with Crippen LogP contribution >= 0.6 is 0 Å². The third-order valence-corrected chi connectivity index (χ3v) is 3.32. The lowest BCUT2D eigenvalue weighted by Crippen LogP contribution is -2.16. The van der Waals surface area contributed by atoms with Gasteiger partial charge in [-0.15, -0.1) is 0 Å². The molecule has 20 heavy (non-hydrogen) atoms. The quantitative estimate of drug-likeness (QED) is 0.709. The molecule has 2 rings (SSSR count). The molecule has 0 aliphatic carbocycles. The number of aromatic nitrogens is 1. The van der Waals surface area contributed by atoms with E-state index in [1.54, 1.807) is 0 Å². The molecular formula is C17H24N2O. The van der Waals surface area contributed by atoms with Crippen molar-refractivity contribution in [3.05, 3.63) is 42.1 Å². The highest BCUT2D eigenvalue weighted by Gasteiger charge is 2.00. The Morgan fingerprint density at radius 3 is 2.85 bits per heavy atom. The van der Waals surface area contributed by atoms with Crippen LogP contribution in [0, 0.1) is 0 Å². The van der Waals surface area contributed by atoms with E-state index in [0.717, 1.165) is 44.7 Å². The van der Waals surface area contributed by atoms with E-state index in [0.29, 0.717) is 0 Å². The first-order valence-electron chi connectivity index (χ1n) is 7.53. The Bertz CT molecular complexity index is 508. The molecule has 2 aromatic rings. The summed E-state index contributed by atoms with van der Waals surface area (Å²) in [5.41, 5.74) is 2.36. The van der Waals surface area contributed by atoms with Gasteiger partial charge in [0.2, 0.25) is 0 Å². The molecular weight excluding hydrogens is 248 g/mol. The Balaban J connectivity index is 1.71. The van der Waals surface area contributed by atoms with Gasteiger partial charge in [0.05, 0.1) is 5.52 Å². The van der Waals surface area contributed by atoms with Crippen LogP contribution < -0.4 is 5.32 Å². The third-order valence-electron chi connectivity index (χ3n) is 3.32. The summed E-state index contributed by atoms with van der Waals surface area (Å²) in [5, 5.41) is 4.67. The lowest BCUT2D eigenvalue weighted by Gasteiger charge is -2.08. The van der Waals surface area contributed by atoms with Gasteiger partial charge < -0.3 is 10.1 Å². The molecule has 0 spiro atoms. The molecule has 1 aromatic heterocycles. The van der Waals surface area contributed by atoms with Crippen molar-refractivity contribution in [2.24, 2.45) is 0 Å². The predicted octanol–water partition coefficient (Wildman–Crippen LogP) is 3.53. The van der Waals surface area contributed by atoms with Crippen molar-refractivity contribution >= 4 is 10.9 Å². The van der Waals surface area contributed by atoms with Crippen molar-refractivity contribution in [3.63, 3.8) is 0 Å².